The Morgan fingerprint density at radius 1 is 1.11 bits per heavy atom. The normalized spacial score (nSPS) is 16.6. The molecule has 9 heteroatoms. The van der Waals surface area contributed by atoms with Crippen molar-refractivity contribution in [3.63, 3.8) is 0 Å². The first-order valence-electron chi connectivity index (χ1n) is 8.65. The third-order valence-corrected chi connectivity index (χ3v) is 4.53. The zero-order chi connectivity index (χ0) is 20.3. The number of phenolic OH excluding ortho intramolecular Hbond substituents is 1. The van der Waals surface area contributed by atoms with Crippen LogP contribution in [0.2, 0.25) is 0 Å². The lowest BCUT2D eigenvalue weighted by Crippen LogP contribution is -2.45. The summed E-state index contributed by atoms with van der Waals surface area (Å²) < 4.78 is 60.3. The Morgan fingerprint density at radius 3 is 2.32 bits per heavy atom. The van der Waals surface area contributed by atoms with E-state index in [2.05, 4.69) is 10.1 Å². The Bertz CT molecular complexity index is 806. The summed E-state index contributed by atoms with van der Waals surface area (Å²) in [6, 6.07) is 7.08. The van der Waals surface area contributed by atoms with Gasteiger partial charge in [0.1, 0.15) is 11.6 Å². The molecule has 2 aromatic carbocycles. The molecule has 5 nitrogen and oxygen atoms in total. The molecular formula is C19H20F4N2O3. The molecule has 0 bridgehead atoms. The molecule has 28 heavy (non-hydrogen) atoms. The molecule has 0 unspecified atom stereocenters. The molecule has 1 fully saturated rings. The van der Waals surface area contributed by atoms with Gasteiger partial charge in [-0.15, -0.1) is 13.2 Å². The van der Waals surface area contributed by atoms with Crippen LogP contribution in [0.3, 0.4) is 0 Å². The number of alkyl halides is 3. The van der Waals surface area contributed by atoms with E-state index >= 15 is 0 Å². The number of hydrogen-bond donors (Lipinski definition) is 2. The minimum absolute atomic E-state index is 0.00726. The van der Waals surface area contributed by atoms with Crippen LogP contribution in [0.25, 0.3) is 0 Å². The van der Waals surface area contributed by atoms with E-state index in [1.165, 1.54) is 37.4 Å². The van der Waals surface area contributed by atoms with Crippen molar-refractivity contribution in [3.8, 4) is 17.2 Å². The summed E-state index contributed by atoms with van der Waals surface area (Å²) in [4.78, 5) is 2.02. The summed E-state index contributed by atoms with van der Waals surface area (Å²) >= 11 is 0. The Morgan fingerprint density at radius 2 is 1.75 bits per heavy atom. The fourth-order valence-corrected chi connectivity index (χ4v) is 3.34. The molecule has 2 aromatic rings. The second-order valence-electron chi connectivity index (χ2n) is 6.35. The predicted molar refractivity (Wildman–Crippen MR) is 94.0 cm³/mol. The van der Waals surface area contributed by atoms with Crippen LogP contribution in [0.5, 0.6) is 17.2 Å². The van der Waals surface area contributed by atoms with E-state index < -0.39 is 18.2 Å². The minimum atomic E-state index is -4.78. The number of nitrogens with zero attached hydrogens (tertiary/aromatic N) is 1. The molecule has 0 amide bonds. The van der Waals surface area contributed by atoms with Crippen LogP contribution in [-0.4, -0.2) is 49.7 Å². The molecule has 1 heterocycles. The highest BCUT2D eigenvalue weighted by Gasteiger charge is 2.32. The predicted octanol–water partition coefficient (Wildman–Crippen LogP) is 3.43. The summed E-state index contributed by atoms with van der Waals surface area (Å²) in [5, 5.41) is 13.8. The van der Waals surface area contributed by atoms with Crippen LogP contribution in [-0.2, 0) is 0 Å². The van der Waals surface area contributed by atoms with Crippen molar-refractivity contribution in [1.29, 1.82) is 0 Å². The van der Waals surface area contributed by atoms with Gasteiger partial charge in [-0.1, -0.05) is 12.1 Å². The Labute approximate surface area is 159 Å². The van der Waals surface area contributed by atoms with E-state index in [0.717, 1.165) is 6.07 Å². The zero-order valence-electron chi connectivity index (χ0n) is 15.1. The molecular weight excluding hydrogens is 380 g/mol. The van der Waals surface area contributed by atoms with Gasteiger partial charge in [0.05, 0.1) is 13.2 Å². The van der Waals surface area contributed by atoms with Gasteiger partial charge in [-0.05, 0) is 23.8 Å². The molecule has 0 saturated carbocycles. The average Bonchev–Trinajstić information content (AvgIpc) is 2.65. The molecule has 1 aliphatic rings. The van der Waals surface area contributed by atoms with Gasteiger partial charge in [0.2, 0.25) is 0 Å². The summed E-state index contributed by atoms with van der Waals surface area (Å²) in [6.07, 6.45) is -4.78. The second-order valence-corrected chi connectivity index (χ2v) is 6.35. The first-order valence-corrected chi connectivity index (χ1v) is 8.65. The third kappa shape index (κ3) is 4.66. The van der Waals surface area contributed by atoms with E-state index in [9.17, 15) is 22.7 Å². The SMILES string of the molecule is COc1cc(F)cc([C@@H](c2ccc(OC(F)(F)F)cc2)N2CCNCC2)c1O. The fourth-order valence-electron chi connectivity index (χ4n) is 3.34. The molecule has 0 spiro atoms. The number of piperazine rings is 1. The topological polar surface area (TPSA) is 54.0 Å². The maximum atomic E-state index is 14.1. The van der Waals surface area contributed by atoms with E-state index in [0.29, 0.717) is 31.7 Å². The van der Waals surface area contributed by atoms with Gasteiger partial charge in [0.15, 0.2) is 11.5 Å². The highest BCUT2D eigenvalue weighted by atomic mass is 19.4. The molecule has 0 aliphatic carbocycles. The second kappa shape index (κ2) is 8.24. The van der Waals surface area contributed by atoms with Gasteiger partial charge in [-0.3, -0.25) is 4.90 Å². The van der Waals surface area contributed by atoms with Crippen LogP contribution in [0.15, 0.2) is 36.4 Å². The van der Waals surface area contributed by atoms with Gasteiger partial charge in [0.25, 0.3) is 0 Å². The van der Waals surface area contributed by atoms with Crippen LogP contribution in [0, 0.1) is 5.82 Å². The highest BCUT2D eigenvalue weighted by molar-refractivity contribution is 5.50. The molecule has 1 atom stereocenters. The van der Waals surface area contributed by atoms with E-state index in [1.54, 1.807) is 0 Å². The number of benzene rings is 2. The van der Waals surface area contributed by atoms with Crippen molar-refractivity contribution in [2.45, 2.75) is 12.4 Å². The molecule has 3 rings (SSSR count). The Kier molecular flexibility index (Phi) is 5.95. The smallest absolute Gasteiger partial charge is 0.504 e. The van der Waals surface area contributed by atoms with Gasteiger partial charge in [0, 0.05) is 37.8 Å². The summed E-state index contributed by atoms with van der Waals surface area (Å²) in [6.45, 7) is 2.62. The maximum Gasteiger partial charge on any atom is 0.573 e. The molecule has 0 radical (unpaired) electrons. The fraction of sp³-hybridized carbons (Fsp3) is 0.368. The standard InChI is InChI=1S/C19H20F4N2O3/c1-27-16-11-13(20)10-15(18(16)26)17(25-8-6-24-7-9-25)12-2-4-14(5-3-12)28-19(21,22)23/h2-5,10-11,17,24,26H,6-9H2,1H3/t17-/m1/s1. The van der Waals surface area contributed by atoms with Gasteiger partial charge >= 0.3 is 6.36 Å². The third-order valence-electron chi connectivity index (χ3n) is 4.53. The van der Waals surface area contributed by atoms with E-state index in [-0.39, 0.29) is 22.8 Å². The Balaban J connectivity index is 2.02. The number of rotatable bonds is 5. The molecule has 1 saturated heterocycles. The minimum Gasteiger partial charge on any atom is -0.504 e. The number of hydrogen-bond acceptors (Lipinski definition) is 5. The number of nitrogens with one attached hydrogen (secondary N) is 1. The number of halogens is 4. The Hall–Kier alpha value is -2.52. The lowest BCUT2D eigenvalue weighted by atomic mass is 9.95. The number of ether oxygens (including phenoxy) is 2. The van der Waals surface area contributed by atoms with Gasteiger partial charge in [-0.25, -0.2) is 4.39 Å². The van der Waals surface area contributed by atoms with Crippen molar-refractivity contribution in [1.82, 2.24) is 10.2 Å². The summed E-state index contributed by atoms with van der Waals surface area (Å²) in [5.74, 6) is -1.15. The number of methoxy groups -OCH3 is 1. The lowest BCUT2D eigenvalue weighted by molar-refractivity contribution is -0.274. The average molecular weight is 400 g/mol. The summed E-state index contributed by atoms with van der Waals surface area (Å²) in [7, 11) is 1.32. The van der Waals surface area contributed by atoms with Crippen LogP contribution >= 0.6 is 0 Å². The highest BCUT2D eigenvalue weighted by Crippen LogP contribution is 2.40. The van der Waals surface area contributed by atoms with Crippen molar-refractivity contribution in [3.05, 3.63) is 53.3 Å². The number of phenols is 1. The van der Waals surface area contributed by atoms with Crippen molar-refractivity contribution >= 4 is 0 Å². The quantitative estimate of drug-likeness (QED) is 0.754. The maximum absolute atomic E-state index is 14.1. The molecule has 1 aliphatic heterocycles. The lowest BCUT2D eigenvalue weighted by Gasteiger charge is -2.36. The largest absolute Gasteiger partial charge is 0.573 e. The summed E-state index contributed by atoms with van der Waals surface area (Å²) in [5.41, 5.74) is 0.877. The monoisotopic (exact) mass is 400 g/mol. The van der Waals surface area contributed by atoms with Crippen LogP contribution in [0.1, 0.15) is 17.2 Å². The van der Waals surface area contributed by atoms with Crippen molar-refractivity contribution in [2.75, 3.05) is 33.3 Å². The number of aromatic hydroxyl groups is 1. The van der Waals surface area contributed by atoms with E-state index in [1.807, 2.05) is 4.90 Å². The first kappa shape index (κ1) is 20.2. The molecule has 0 aromatic heterocycles. The first-order chi connectivity index (χ1) is 13.3. The van der Waals surface area contributed by atoms with Crippen molar-refractivity contribution in [2.24, 2.45) is 0 Å². The van der Waals surface area contributed by atoms with Gasteiger partial charge < -0.3 is 19.9 Å². The van der Waals surface area contributed by atoms with E-state index in [4.69, 9.17) is 4.74 Å². The molecule has 2 N–H and O–H groups in total. The molecule has 152 valence electrons. The zero-order valence-corrected chi connectivity index (χ0v) is 15.1. The van der Waals surface area contributed by atoms with Gasteiger partial charge in [-0.2, -0.15) is 0 Å². The van der Waals surface area contributed by atoms with Crippen LogP contribution in [0.4, 0.5) is 17.6 Å². The van der Waals surface area contributed by atoms with Crippen molar-refractivity contribution < 1.29 is 32.1 Å². The van der Waals surface area contributed by atoms with Crippen LogP contribution < -0.4 is 14.8 Å².